The van der Waals surface area contributed by atoms with Gasteiger partial charge in [-0.2, -0.15) is 16.7 Å². The predicted octanol–water partition coefficient (Wildman–Crippen LogP) is 2.90. The van der Waals surface area contributed by atoms with Crippen molar-refractivity contribution in [1.29, 1.82) is 0 Å². The summed E-state index contributed by atoms with van der Waals surface area (Å²) in [4.78, 5) is 9.91. The molecule has 0 aliphatic rings. The van der Waals surface area contributed by atoms with E-state index in [0.29, 0.717) is 12.0 Å². The molecular weight excluding hydrogens is 252 g/mol. The lowest BCUT2D eigenvalue weighted by Gasteiger charge is -2.14. The Morgan fingerprint density at radius 3 is 3.00 bits per heavy atom. The zero-order chi connectivity index (χ0) is 12.3. The van der Waals surface area contributed by atoms with Gasteiger partial charge in [-0.1, -0.05) is 0 Å². The van der Waals surface area contributed by atoms with E-state index in [9.17, 15) is 0 Å². The Morgan fingerprint density at radius 1 is 1.47 bits per heavy atom. The van der Waals surface area contributed by atoms with E-state index >= 15 is 0 Å². The van der Waals surface area contributed by atoms with Crippen molar-refractivity contribution in [2.45, 2.75) is 13.0 Å². The van der Waals surface area contributed by atoms with Crippen LogP contribution in [0.25, 0.3) is 10.2 Å². The normalized spacial score (nSPS) is 12.6. The Balaban J connectivity index is 2.33. The number of thioether (sulfide) groups is 1. The highest BCUT2D eigenvalue weighted by molar-refractivity contribution is 7.98. The van der Waals surface area contributed by atoms with Crippen molar-refractivity contribution < 1.29 is 0 Å². The van der Waals surface area contributed by atoms with Crippen LogP contribution in [-0.4, -0.2) is 35.1 Å². The summed E-state index contributed by atoms with van der Waals surface area (Å²) in [6, 6.07) is 2.46. The maximum atomic E-state index is 4.48. The molecule has 92 valence electrons. The minimum atomic E-state index is 0.396. The van der Waals surface area contributed by atoms with Crippen molar-refractivity contribution in [2.75, 3.05) is 29.7 Å². The summed E-state index contributed by atoms with van der Waals surface area (Å²) < 4.78 is 0. The van der Waals surface area contributed by atoms with E-state index in [1.807, 2.05) is 24.2 Å². The molecule has 0 bridgehead atoms. The summed E-state index contributed by atoms with van der Waals surface area (Å²) >= 11 is 3.46. The van der Waals surface area contributed by atoms with E-state index < -0.39 is 0 Å². The second kappa shape index (κ2) is 5.55. The largest absolute Gasteiger partial charge is 0.366 e. The predicted molar refractivity (Wildman–Crippen MR) is 78.4 cm³/mol. The van der Waals surface area contributed by atoms with E-state index in [2.05, 4.69) is 39.8 Å². The first-order valence-corrected chi connectivity index (χ1v) is 7.70. The summed E-state index contributed by atoms with van der Waals surface area (Å²) in [6.45, 7) is 2.16. The fourth-order valence-electron chi connectivity index (χ4n) is 1.60. The molecule has 2 heterocycles. The quantitative estimate of drug-likeness (QED) is 0.873. The number of aromatic nitrogens is 2. The van der Waals surface area contributed by atoms with Gasteiger partial charge in [-0.05, 0) is 24.6 Å². The van der Waals surface area contributed by atoms with E-state index in [-0.39, 0.29) is 0 Å². The van der Waals surface area contributed by atoms with Gasteiger partial charge in [-0.15, -0.1) is 11.3 Å². The highest BCUT2D eigenvalue weighted by Gasteiger charge is 2.10. The topological polar surface area (TPSA) is 49.8 Å². The second-order valence-electron chi connectivity index (χ2n) is 3.79. The number of nitrogens with zero attached hydrogens (tertiary/aromatic N) is 2. The Hall–Kier alpha value is -1.01. The molecular formula is C11H16N4S2. The summed E-state index contributed by atoms with van der Waals surface area (Å²) in [5.41, 5.74) is 0. The smallest absolute Gasteiger partial charge is 0.225 e. The van der Waals surface area contributed by atoms with Crippen LogP contribution in [0.15, 0.2) is 11.4 Å². The first-order valence-electron chi connectivity index (χ1n) is 5.43. The van der Waals surface area contributed by atoms with Gasteiger partial charge in [-0.3, -0.25) is 0 Å². The Morgan fingerprint density at radius 2 is 2.29 bits per heavy atom. The number of nitrogens with one attached hydrogen (secondary N) is 2. The third-order valence-corrected chi connectivity index (χ3v) is 3.99. The molecule has 0 aliphatic carbocycles. The standard InChI is InChI=1S/C11H16N4S2/c1-7(6-16-3)13-9-8-4-5-17-10(8)15-11(12-2)14-9/h4-5,7H,6H2,1-3H3,(H2,12,13,14,15). The van der Waals surface area contributed by atoms with Crippen LogP contribution in [0, 0.1) is 0 Å². The van der Waals surface area contributed by atoms with E-state index in [4.69, 9.17) is 0 Å². The zero-order valence-electron chi connectivity index (χ0n) is 10.2. The Bertz CT molecular complexity index is 497. The van der Waals surface area contributed by atoms with Gasteiger partial charge < -0.3 is 10.6 Å². The van der Waals surface area contributed by atoms with Gasteiger partial charge in [0.05, 0.1) is 5.39 Å². The molecule has 2 aromatic rings. The second-order valence-corrected chi connectivity index (χ2v) is 5.59. The fraction of sp³-hybridized carbons (Fsp3) is 0.455. The maximum Gasteiger partial charge on any atom is 0.225 e. The number of anilines is 2. The molecule has 0 amide bonds. The molecule has 2 N–H and O–H groups in total. The van der Waals surface area contributed by atoms with E-state index in [0.717, 1.165) is 21.8 Å². The Kier molecular flexibility index (Phi) is 4.06. The molecule has 0 aliphatic heterocycles. The SMILES string of the molecule is CNc1nc(NC(C)CSC)c2ccsc2n1. The van der Waals surface area contributed by atoms with Crippen LogP contribution in [0.1, 0.15) is 6.92 Å². The van der Waals surface area contributed by atoms with Crippen molar-refractivity contribution in [3.63, 3.8) is 0 Å². The maximum absolute atomic E-state index is 4.48. The van der Waals surface area contributed by atoms with Crippen LogP contribution in [-0.2, 0) is 0 Å². The van der Waals surface area contributed by atoms with Crippen LogP contribution in [0.3, 0.4) is 0 Å². The minimum absolute atomic E-state index is 0.396. The first-order chi connectivity index (χ1) is 8.24. The fourth-order valence-corrected chi connectivity index (χ4v) is 2.95. The highest BCUT2D eigenvalue weighted by atomic mass is 32.2. The molecule has 6 heteroatoms. The molecule has 4 nitrogen and oxygen atoms in total. The average Bonchev–Trinajstić information content (AvgIpc) is 2.77. The molecule has 1 atom stereocenters. The van der Waals surface area contributed by atoms with Gasteiger partial charge >= 0.3 is 0 Å². The monoisotopic (exact) mass is 268 g/mol. The summed E-state index contributed by atoms with van der Waals surface area (Å²) in [6.07, 6.45) is 2.11. The van der Waals surface area contributed by atoms with Gasteiger partial charge in [0, 0.05) is 18.8 Å². The van der Waals surface area contributed by atoms with Gasteiger partial charge in [0.1, 0.15) is 10.6 Å². The van der Waals surface area contributed by atoms with Crippen LogP contribution >= 0.6 is 23.1 Å². The highest BCUT2D eigenvalue weighted by Crippen LogP contribution is 2.26. The number of fused-ring (bicyclic) bond motifs is 1. The molecule has 2 rings (SSSR count). The molecule has 0 aromatic carbocycles. The van der Waals surface area contributed by atoms with Gasteiger partial charge in [0.15, 0.2) is 0 Å². The molecule has 17 heavy (non-hydrogen) atoms. The molecule has 0 saturated carbocycles. The van der Waals surface area contributed by atoms with Crippen LogP contribution in [0.4, 0.5) is 11.8 Å². The average molecular weight is 268 g/mol. The van der Waals surface area contributed by atoms with E-state index in [1.54, 1.807) is 11.3 Å². The molecule has 0 radical (unpaired) electrons. The van der Waals surface area contributed by atoms with Crippen molar-refractivity contribution in [2.24, 2.45) is 0 Å². The lowest BCUT2D eigenvalue weighted by Crippen LogP contribution is -2.19. The zero-order valence-corrected chi connectivity index (χ0v) is 11.8. The lowest BCUT2D eigenvalue weighted by molar-refractivity contribution is 0.905. The van der Waals surface area contributed by atoms with Crippen LogP contribution in [0.2, 0.25) is 0 Å². The lowest BCUT2D eigenvalue weighted by atomic mass is 10.3. The van der Waals surface area contributed by atoms with Gasteiger partial charge in [-0.25, -0.2) is 4.98 Å². The van der Waals surface area contributed by atoms with E-state index in [1.165, 1.54) is 0 Å². The third-order valence-electron chi connectivity index (χ3n) is 2.35. The summed E-state index contributed by atoms with van der Waals surface area (Å²) in [5, 5.41) is 9.58. The first kappa shape index (κ1) is 12.4. The molecule has 2 aromatic heterocycles. The Labute approximate surface area is 109 Å². The van der Waals surface area contributed by atoms with Crippen molar-refractivity contribution in [3.8, 4) is 0 Å². The molecule has 0 spiro atoms. The van der Waals surface area contributed by atoms with Crippen molar-refractivity contribution in [3.05, 3.63) is 11.4 Å². The van der Waals surface area contributed by atoms with Gasteiger partial charge in [0.2, 0.25) is 5.95 Å². The summed E-state index contributed by atoms with van der Waals surface area (Å²) in [5.74, 6) is 2.64. The number of hydrogen-bond acceptors (Lipinski definition) is 6. The van der Waals surface area contributed by atoms with Crippen LogP contribution in [0.5, 0.6) is 0 Å². The van der Waals surface area contributed by atoms with Gasteiger partial charge in [0.25, 0.3) is 0 Å². The third kappa shape index (κ3) is 2.81. The minimum Gasteiger partial charge on any atom is -0.366 e. The molecule has 1 unspecified atom stereocenters. The molecule has 0 fully saturated rings. The number of hydrogen-bond donors (Lipinski definition) is 2. The molecule has 0 saturated heterocycles. The number of thiophene rings is 1. The number of rotatable bonds is 5. The summed E-state index contributed by atoms with van der Waals surface area (Å²) in [7, 11) is 1.84. The van der Waals surface area contributed by atoms with Crippen LogP contribution < -0.4 is 10.6 Å². The van der Waals surface area contributed by atoms with Crippen molar-refractivity contribution in [1.82, 2.24) is 9.97 Å². The van der Waals surface area contributed by atoms with Crippen molar-refractivity contribution >= 4 is 45.1 Å².